The Hall–Kier alpha value is -1.65. The number of amides is 1. The number of H-pyrrole nitrogens is 1. The van der Waals surface area contributed by atoms with Gasteiger partial charge < -0.3 is 4.90 Å². The number of carbonyl (C=O) groups is 1. The van der Waals surface area contributed by atoms with Crippen molar-refractivity contribution < 1.29 is 4.79 Å². The van der Waals surface area contributed by atoms with Crippen LogP contribution in [0.15, 0.2) is 12.7 Å². The molecule has 1 aromatic heterocycles. The van der Waals surface area contributed by atoms with Gasteiger partial charge >= 0.3 is 0 Å². The monoisotopic (exact) mass is 234 g/mol. The molecule has 1 fully saturated rings. The molecule has 1 saturated carbocycles. The molecule has 1 aromatic rings. The second-order valence-corrected chi connectivity index (χ2v) is 4.43. The Morgan fingerprint density at radius 2 is 2.29 bits per heavy atom. The fourth-order valence-electron chi connectivity index (χ4n) is 2.32. The van der Waals surface area contributed by atoms with Crippen molar-refractivity contribution in [1.82, 2.24) is 20.1 Å². The summed E-state index contributed by atoms with van der Waals surface area (Å²) in [7, 11) is 0. The van der Waals surface area contributed by atoms with Crippen LogP contribution in [-0.2, 0) is 0 Å². The number of carbonyl (C=O) groups excluding carboxylic acids is 1. The largest absolute Gasteiger partial charge is 0.329 e. The molecule has 0 saturated heterocycles. The highest BCUT2D eigenvalue weighted by molar-refractivity contribution is 5.90. The molecule has 1 N–H and O–H groups in total. The minimum absolute atomic E-state index is 0.0962. The molecule has 5 nitrogen and oxygen atoms in total. The van der Waals surface area contributed by atoms with Crippen molar-refractivity contribution in [2.75, 3.05) is 6.54 Å². The van der Waals surface area contributed by atoms with Crippen LogP contribution in [0.2, 0.25) is 0 Å². The Morgan fingerprint density at radius 1 is 1.59 bits per heavy atom. The second kappa shape index (κ2) is 5.12. The van der Waals surface area contributed by atoms with E-state index < -0.39 is 0 Å². The predicted octanol–water partition coefficient (Wildman–Crippen LogP) is 1.68. The van der Waals surface area contributed by atoms with E-state index in [9.17, 15) is 4.79 Å². The Labute approximate surface area is 101 Å². The standard InChI is InChI=1S/C12H18N4O/c1-3-8-16(10-6-4-5-7-10)12(17)11-13-9(2)14-15-11/h3,10H,1,4-8H2,2H3,(H,13,14,15). The van der Waals surface area contributed by atoms with Crippen molar-refractivity contribution in [1.29, 1.82) is 0 Å². The third-order valence-electron chi connectivity index (χ3n) is 3.14. The highest BCUT2D eigenvalue weighted by Crippen LogP contribution is 2.24. The molecule has 0 unspecified atom stereocenters. The fraction of sp³-hybridized carbons (Fsp3) is 0.583. The summed E-state index contributed by atoms with van der Waals surface area (Å²) in [6.45, 7) is 6.07. The van der Waals surface area contributed by atoms with Crippen LogP contribution < -0.4 is 0 Å². The van der Waals surface area contributed by atoms with Crippen LogP contribution in [0.5, 0.6) is 0 Å². The van der Waals surface area contributed by atoms with Gasteiger partial charge in [-0.2, -0.15) is 0 Å². The van der Waals surface area contributed by atoms with E-state index in [1.165, 1.54) is 12.8 Å². The summed E-state index contributed by atoms with van der Waals surface area (Å²) >= 11 is 0. The molecule has 0 bridgehead atoms. The lowest BCUT2D eigenvalue weighted by Gasteiger charge is -2.26. The average Bonchev–Trinajstić information content (AvgIpc) is 2.95. The van der Waals surface area contributed by atoms with Gasteiger partial charge in [-0.05, 0) is 19.8 Å². The van der Waals surface area contributed by atoms with Crippen LogP contribution in [0, 0.1) is 6.92 Å². The molecule has 0 aliphatic heterocycles. The highest BCUT2D eigenvalue weighted by Gasteiger charge is 2.28. The van der Waals surface area contributed by atoms with E-state index in [1.807, 2.05) is 4.90 Å². The Balaban J connectivity index is 2.14. The lowest BCUT2D eigenvalue weighted by atomic mass is 10.2. The SMILES string of the molecule is C=CCN(C(=O)c1n[nH]c(C)n1)C1CCCC1. The molecule has 0 aromatic carbocycles. The van der Waals surface area contributed by atoms with Gasteiger partial charge in [0.2, 0.25) is 5.82 Å². The van der Waals surface area contributed by atoms with Gasteiger partial charge in [0.25, 0.3) is 5.91 Å². The minimum atomic E-state index is -0.0962. The van der Waals surface area contributed by atoms with Crippen LogP contribution >= 0.6 is 0 Å². The maximum Gasteiger partial charge on any atom is 0.294 e. The molecular weight excluding hydrogens is 216 g/mol. The van der Waals surface area contributed by atoms with Crippen LogP contribution in [0.25, 0.3) is 0 Å². The molecule has 1 aliphatic carbocycles. The molecule has 0 radical (unpaired) electrons. The Morgan fingerprint density at radius 3 is 2.82 bits per heavy atom. The molecule has 1 aliphatic rings. The number of aromatic nitrogens is 3. The molecule has 0 atom stereocenters. The van der Waals surface area contributed by atoms with Crippen LogP contribution in [0.1, 0.15) is 42.1 Å². The molecule has 5 heteroatoms. The zero-order valence-electron chi connectivity index (χ0n) is 10.1. The topological polar surface area (TPSA) is 61.9 Å². The molecule has 17 heavy (non-hydrogen) atoms. The first-order valence-corrected chi connectivity index (χ1v) is 6.03. The maximum absolute atomic E-state index is 12.3. The summed E-state index contributed by atoms with van der Waals surface area (Å²) < 4.78 is 0. The van der Waals surface area contributed by atoms with Gasteiger partial charge in [0, 0.05) is 12.6 Å². The van der Waals surface area contributed by atoms with Crippen LogP contribution in [0.4, 0.5) is 0 Å². The van der Waals surface area contributed by atoms with Crippen molar-refractivity contribution in [3.63, 3.8) is 0 Å². The van der Waals surface area contributed by atoms with E-state index in [0.29, 0.717) is 18.4 Å². The maximum atomic E-state index is 12.3. The number of aromatic amines is 1. The zero-order valence-corrected chi connectivity index (χ0v) is 10.1. The fourth-order valence-corrected chi connectivity index (χ4v) is 2.32. The van der Waals surface area contributed by atoms with Crippen LogP contribution in [0.3, 0.4) is 0 Å². The number of nitrogens with one attached hydrogen (secondary N) is 1. The number of nitrogens with zero attached hydrogens (tertiary/aromatic N) is 3. The highest BCUT2D eigenvalue weighted by atomic mass is 16.2. The summed E-state index contributed by atoms with van der Waals surface area (Å²) in [6, 6.07) is 0.319. The van der Waals surface area contributed by atoms with Gasteiger partial charge in [-0.3, -0.25) is 9.89 Å². The van der Waals surface area contributed by atoms with Crippen LogP contribution in [-0.4, -0.2) is 38.6 Å². The lowest BCUT2D eigenvalue weighted by Crippen LogP contribution is -2.39. The third kappa shape index (κ3) is 2.54. The van der Waals surface area contributed by atoms with E-state index >= 15 is 0 Å². The summed E-state index contributed by atoms with van der Waals surface area (Å²) in [4.78, 5) is 18.2. The Bertz CT molecular complexity index is 406. The first-order chi connectivity index (χ1) is 8.22. The molecular formula is C12H18N4O. The van der Waals surface area contributed by atoms with Crippen molar-refractivity contribution in [3.05, 3.63) is 24.3 Å². The van der Waals surface area contributed by atoms with E-state index in [2.05, 4.69) is 21.8 Å². The van der Waals surface area contributed by atoms with Crippen molar-refractivity contribution in [3.8, 4) is 0 Å². The first-order valence-electron chi connectivity index (χ1n) is 6.03. The summed E-state index contributed by atoms with van der Waals surface area (Å²) in [5.74, 6) is 0.829. The smallest absolute Gasteiger partial charge is 0.294 e. The van der Waals surface area contributed by atoms with E-state index in [1.54, 1.807) is 13.0 Å². The normalized spacial score (nSPS) is 16.1. The summed E-state index contributed by atoms with van der Waals surface area (Å²) in [5, 5.41) is 6.63. The minimum Gasteiger partial charge on any atom is -0.329 e. The quantitative estimate of drug-likeness (QED) is 0.806. The van der Waals surface area contributed by atoms with Gasteiger partial charge in [-0.25, -0.2) is 4.98 Å². The molecule has 1 heterocycles. The summed E-state index contributed by atoms with van der Waals surface area (Å²) in [6.07, 6.45) is 6.29. The first kappa shape index (κ1) is 11.8. The molecule has 0 spiro atoms. The molecule has 1 amide bonds. The van der Waals surface area contributed by atoms with E-state index in [0.717, 1.165) is 12.8 Å². The van der Waals surface area contributed by atoms with Crippen molar-refractivity contribution >= 4 is 5.91 Å². The van der Waals surface area contributed by atoms with Gasteiger partial charge in [-0.1, -0.05) is 18.9 Å². The molecule has 2 rings (SSSR count). The summed E-state index contributed by atoms with van der Waals surface area (Å²) in [5.41, 5.74) is 0. The second-order valence-electron chi connectivity index (χ2n) is 4.43. The zero-order chi connectivity index (χ0) is 12.3. The van der Waals surface area contributed by atoms with Gasteiger partial charge in [0.1, 0.15) is 5.82 Å². The Kier molecular flexibility index (Phi) is 3.56. The van der Waals surface area contributed by atoms with Gasteiger partial charge in [0.15, 0.2) is 0 Å². The lowest BCUT2D eigenvalue weighted by molar-refractivity contribution is 0.0694. The average molecular weight is 234 g/mol. The predicted molar refractivity (Wildman–Crippen MR) is 64.6 cm³/mol. The van der Waals surface area contributed by atoms with Gasteiger partial charge in [0.05, 0.1) is 0 Å². The van der Waals surface area contributed by atoms with Crippen molar-refractivity contribution in [2.45, 2.75) is 38.6 Å². The van der Waals surface area contributed by atoms with E-state index in [4.69, 9.17) is 0 Å². The number of rotatable bonds is 4. The van der Waals surface area contributed by atoms with Crippen molar-refractivity contribution in [2.24, 2.45) is 0 Å². The number of hydrogen-bond acceptors (Lipinski definition) is 3. The number of hydrogen-bond donors (Lipinski definition) is 1. The van der Waals surface area contributed by atoms with E-state index in [-0.39, 0.29) is 11.7 Å². The molecule has 92 valence electrons. The van der Waals surface area contributed by atoms with Gasteiger partial charge in [-0.15, -0.1) is 11.7 Å². The third-order valence-corrected chi connectivity index (χ3v) is 3.14. The number of aryl methyl sites for hydroxylation is 1.